The van der Waals surface area contributed by atoms with Crippen LogP contribution in [0.3, 0.4) is 0 Å². The van der Waals surface area contributed by atoms with E-state index in [9.17, 15) is 9.59 Å². The Balaban J connectivity index is 1.45. The van der Waals surface area contributed by atoms with E-state index in [4.69, 9.17) is 0 Å². The van der Waals surface area contributed by atoms with Crippen molar-refractivity contribution in [1.82, 2.24) is 9.97 Å². The number of para-hydroxylation sites is 1. The normalized spacial score (nSPS) is 10.8. The maximum atomic E-state index is 12.7. The van der Waals surface area contributed by atoms with E-state index in [-0.39, 0.29) is 18.2 Å². The van der Waals surface area contributed by atoms with Crippen LogP contribution in [0, 0.1) is 13.8 Å². The summed E-state index contributed by atoms with van der Waals surface area (Å²) in [5.74, 6) is -0.143. The van der Waals surface area contributed by atoms with Crippen molar-refractivity contribution in [3.63, 3.8) is 0 Å². The fraction of sp³-hybridized carbons (Fsp3) is 0.200. The molecule has 6 nitrogen and oxygen atoms in total. The molecular weight excluding hydrogens is 420 g/mol. The summed E-state index contributed by atoms with van der Waals surface area (Å²) in [7, 11) is 0. The van der Waals surface area contributed by atoms with Crippen LogP contribution in [-0.2, 0) is 16.0 Å². The zero-order valence-electron chi connectivity index (χ0n) is 18.2. The number of carbonyl (C=O) groups excluding carboxylic acids is 2. The maximum absolute atomic E-state index is 12.7. The van der Waals surface area contributed by atoms with Gasteiger partial charge >= 0.3 is 0 Å². The third-order valence-electron chi connectivity index (χ3n) is 5.36. The second kappa shape index (κ2) is 9.28. The lowest BCUT2D eigenvalue weighted by Crippen LogP contribution is -2.16. The van der Waals surface area contributed by atoms with Crippen LogP contribution in [0.2, 0.25) is 0 Å². The molecule has 0 aliphatic carbocycles. The number of aryl methyl sites for hydroxylation is 2. The Morgan fingerprint density at radius 3 is 2.44 bits per heavy atom. The molecule has 2 amide bonds. The molecule has 7 heteroatoms. The van der Waals surface area contributed by atoms with Crippen LogP contribution in [0.1, 0.15) is 30.2 Å². The molecule has 0 bridgehead atoms. The van der Waals surface area contributed by atoms with Crippen molar-refractivity contribution in [2.24, 2.45) is 0 Å². The minimum atomic E-state index is -0.119. The molecule has 0 saturated heterocycles. The number of nitrogens with zero attached hydrogens (tertiary/aromatic N) is 2. The first-order valence-electron chi connectivity index (χ1n) is 10.4. The predicted molar refractivity (Wildman–Crippen MR) is 130 cm³/mol. The maximum Gasteiger partial charge on any atom is 0.230 e. The SMILES string of the molecule is CCC(=O)Nc1ccc(-c2csc(NC(=O)Cc3c(C)nc4ccccc4c3C)n2)cc1. The molecular formula is C25H24N4O2S. The third kappa shape index (κ3) is 4.68. The van der Waals surface area contributed by atoms with Gasteiger partial charge in [-0.05, 0) is 43.2 Å². The van der Waals surface area contributed by atoms with E-state index in [1.54, 1.807) is 0 Å². The molecule has 2 aromatic heterocycles. The van der Waals surface area contributed by atoms with Crippen molar-refractivity contribution in [3.05, 3.63) is 70.7 Å². The van der Waals surface area contributed by atoms with E-state index in [2.05, 4.69) is 20.6 Å². The van der Waals surface area contributed by atoms with Crippen molar-refractivity contribution in [2.45, 2.75) is 33.6 Å². The standard InChI is InChI=1S/C25H24N4O2S/c1-4-23(30)27-18-11-9-17(10-12-18)22-14-32-25(28-22)29-24(31)13-20-15(2)19-7-5-6-8-21(19)26-16(20)3/h5-12,14H,4,13H2,1-3H3,(H,27,30)(H,28,29,31). The minimum absolute atomic E-state index is 0.0245. The van der Waals surface area contributed by atoms with E-state index >= 15 is 0 Å². The summed E-state index contributed by atoms with van der Waals surface area (Å²) in [5.41, 5.74) is 6.28. The average molecular weight is 445 g/mol. The van der Waals surface area contributed by atoms with Gasteiger partial charge in [-0.1, -0.05) is 37.3 Å². The number of anilines is 2. The second-order valence-electron chi connectivity index (χ2n) is 7.56. The monoisotopic (exact) mass is 444 g/mol. The Labute approximate surface area is 190 Å². The van der Waals surface area contributed by atoms with Crippen molar-refractivity contribution in [1.29, 1.82) is 0 Å². The van der Waals surface area contributed by atoms with Gasteiger partial charge in [0.25, 0.3) is 0 Å². The smallest absolute Gasteiger partial charge is 0.230 e. The molecule has 4 aromatic rings. The Hall–Kier alpha value is -3.58. The number of hydrogen-bond donors (Lipinski definition) is 2. The van der Waals surface area contributed by atoms with Gasteiger partial charge in [0.05, 0.1) is 17.6 Å². The van der Waals surface area contributed by atoms with Crippen LogP contribution >= 0.6 is 11.3 Å². The van der Waals surface area contributed by atoms with Crippen LogP contribution in [0.25, 0.3) is 22.2 Å². The highest BCUT2D eigenvalue weighted by molar-refractivity contribution is 7.14. The third-order valence-corrected chi connectivity index (χ3v) is 6.12. The van der Waals surface area contributed by atoms with E-state index in [0.29, 0.717) is 11.6 Å². The highest BCUT2D eigenvalue weighted by Gasteiger charge is 2.14. The number of amides is 2. The van der Waals surface area contributed by atoms with E-state index in [1.165, 1.54) is 11.3 Å². The fourth-order valence-electron chi connectivity index (χ4n) is 3.59. The summed E-state index contributed by atoms with van der Waals surface area (Å²) in [6, 6.07) is 15.5. The molecule has 0 atom stereocenters. The summed E-state index contributed by atoms with van der Waals surface area (Å²) < 4.78 is 0. The van der Waals surface area contributed by atoms with Gasteiger partial charge in [0, 0.05) is 34.1 Å². The number of benzene rings is 2. The van der Waals surface area contributed by atoms with Gasteiger partial charge in [0.1, 0.15) is 0 Å². The number of fused-ring (bicyclic) bond motifs is 1. The van der Waals surface area contributed by atoms with Crippen LogP contribution in [0.5, 0.6) is 0 Å². The average Bonchev–Trinajstić information content (AvgIpc) is 3.25. The van der Waals surface area contributed by atoms with Gasteiger partial charge < -0.3 is 10.6 Å². The van der Waals surface area contributed by atoms with Gasteiger partial charge in [-0.2, -0.15) is 0 Å². The van der Waals surface area contributed by atoms with Crippen LogP contribution < -0.4 is 10.6 Å². The Kier molecular flexibility index (Phi) is 6.28. The number of rotatable bonds is 6. The zero-order chi connectivity index (χ0) is 22.7. The number of carbonyl (C=O) groups is 2. The molecule has 0 unspecified atom stereocenters. The van der Waals surface area contributed by atoms with Gasteiger partial charge in [0.2, 0.25) is 11.8 Å². The number of thiazole rings is 1. The van der Waals surface area contributed by atoms with Crippen LogP contribution in [0.4, 0.5) is 10.8 Å². The molecule has 0 aliphatic rings. The topological polar surface area (TPSA) is 84.0 Å². The lowest BCUT2D eigenvalue weighted by atomic mass is 9.99. The first-order chi connectivity index (χ1) is 15.4. The molecule has 0 fully saturated rings. The number of nitrogens with one attached hydrogen (secondary N) is 2. The van der Waals surface area contributed by atoms with E-state index in [1.807, 2.05) is 74.7 Å². The van der Waals surface area contributed by atoms with Crippen LogP contribution in [0.15, 0.2) is 53.9 Å². The van der Waals surface area contributed by atoms with Crippen molar-refractivity contribution < 1.29 is 9.59 Å². The van der Waals surface area contributed by atoms with Crippen molar-refractivity contribution in [2.75, 3.05) is 10.6 Å². The molecule has 0 saturated carbocycles. The molecule has 0 aliphatic heterocycles. The molecule has 2 aromatic carbocycles. The highest BCUT2D eigenvalue weighted by Crippen LogP contribution is 2.27. The molecule has 162 valence electrons. The van der Waals surface area contributed by atoms with Crippen LogP contribution in [-0.4, -0.2) is 21.8 Å². The lowest BCUT2D eigenvalue weighted by molar-refractivity contribution is -0.116. The quantitative estimate of drug-likeness (QED) is 0.411. The number of aromatic nitrogens is 2. The van der Waals surface area contributed by atoms with Crippen molar-refractivity contribution in [3.8, 4) is 11.3 Å². The molecule has 0 radical (unpaired) electrons. The minimum Gasteiger partial charge on any atom is -0.326 e. The second-order valence-corrected chi connectivity index (χ2v) is 8.42. The number of hydrogen-bond acceptors (Lipinski definition) is 5. The molecule has 4 rings (SSSR count). The Bertz CT molecular complexity index is 1300. The predicted octanol–water partition coefficient (Wildman–Crippen LogP) is 5.50. The molecule has 2 N–H and O–H groups in total. The van der Waals surface area contributed by atoms with E-state index in [0.717, 1.165) is 44.7 Å². The van der Waals surface area contributed by atoms with Crippen molar-refractivity contribution >= 4 is 44.9 Å². The summed E-state index contributed by atoms with van der Waals surface area (Å²) >= 11 is 1.38. The van der Waals surface area contributed by atoms with Gasteiger partial charge in [0.15, 0.2) is 5.13 Å². The zero-order valence-corrected chi connectivity index (χ0v) is 19.0. The molecule has 2 heterocycles. The summed E-state index contributed by atoms with van der Waals surface area (Å²) in [5, 5.41) is 9.26. The number of pyridine rings is 1. The summed E-state index contributed by atoms with van der Waals surface area (Å²) in [4.78, 5) is 33.4. The summed E-state index contributed by atoms with van der Waals surface area (Å²) in [6.45, 7) is 5.79. The Morgan fingerprint density at radius 2 is 1.69 bits per heavy atom. The largest absolute Gasteiger partial charge is 0.326 e. The summed E-state index contributed by atoms with van der Waals surface area (Å²) in [6.07, 6.45) is 0.682. The van der Waals surface area contributed by atoms with E-state index < -0.39 is 0 Å². The molecule has 0 spiro atoms. The fourth-order valence-corrected chi connectivity index (χ4v) is 4.33. The highest BCUT2D eigenvalue weighted by atomic mass is 32.1. The van der Waals surface area contributed by atoms with Gasteiger partial charge in [-0.25, -0.2) is 4.98 Å². The molecule has 32 heavy (non-hydrogen) atoms. The first-order valence-corrected chi connectivity index (χ1v) is 11.3. The Morgan fingerprint density at radius 1 is 0.938 bits per heavy atom. The lowest BCUT2D eigenvalue weighted by Gasteiger charge is -2.12. The van der Waals surface area contributed by atoms with Gasteiger partial charge in [-0.3, -0.25) is 14.6 Å². The first kappa shape index (κ1) is 21.6. The van der Waals surface area contributed by atoms with Gasteiger partial charge in [-0.15, -0.1) is 11.3 Å².